The van der Waals surface area contributed by atoms with Crippen LogP contribution >= 0.6 is 11.6 Å². The quantitative estimate of drug-likeness (QED) is 0.635. The summed E-state index contributed by atoms with van der Waals surface area (Å²) in [6.45, 7) is 5.07. The molecule has 3 aromatic rings. The first kappa shape index (κ1) is 19.8. The molecule has 4 rings (SSSR count). The lowest BCUT2D eigenvalue weighted by atomic mass is 10.0. The third-order valence-corrected chi connectivity index (χ3v) is 5.82. The summed E-state index contributed by atoms with van der Waals surface area (Å²) in [6.07, 6.45) is 0. The number of quaternary nitrogens is 1. The molecular formula is C21H26ClN6O+. The summed E-state index contributed by atoms with van der Waals surface area (Å²) in [5.74, 6) is 0.832. The third-order valence-electron chi connectivity index (χ3n) is 5.48. The first-order valence-electron chi connectivity index (χ1n) is 9.92. The summed E-state index contributed by atoms with van der Waals surface area (Å²) in [5, 5.41) is 13.3. The van der Waals surface area contributed by atoms with Crippen molar-refractivity contribution in [3.05, 3.63) is 71.0 Å². The number of hydrogen-bond donors (Lipinski definition) is 1. The van der Waals surface area contributed by atoms with Crippen LogP contribution in [0.25, 0.3) is 0 Å². The van der Waals surface area contributed by atoms with Gasteiger partial charge in [-0.2, -0.15) is 0 Å². The van der Waals surface area contributed by atoms with Crippen molar-refractivity contribution in [1.29, 1.82) is 0 Å². The second kappa shape index (κ2) is 9.35. The SMILES string of the molecule is COCCn1nnnc1[C@H](c1ccccc1Cl)[NH+]1CCN(c2ccccc2)CC1. The van der Waals surface area contributed by atoms with Crippen LogP contribution in [0, 0.1) is 0 Å². The van der Waals surface area contributed by atoms with Crippen LogP contribution in [-0.4, -0.2) is 60.1 Å². The Morgan fingerprint density at radius 3 is 2.52 bits per heavy atom. The Bertz CT molecular complexity index is 910. The number of ether oxygens (including phenoxy) is 1. The fourth-order valence-electron chi connectivity index (χ4n) is 3.99. The van der Waals surface area contributed by atoms with Crippen molar-refractivity contribution in [3.8, 4) is 0 Å². The van der Waals surface area contributed by atoms with Crippen molar-refractivity contribution in [3.63, 3.8) is 0 Å². The molecule has 0 amide bonds. The standard InChI is InChI=1S/C21H25ClN6O/c1-29-16-15-28-21(23-24-25-28)20(18-9-5-6-10-19(18)22)27-13-11-26(12-14-27)17-7-3-2-4-8-17/h2-10,20H,11-16H2,1H3/p+1/t20-/m0/s1. The highest BCUT2D eigenvalue weighted by Gasteiger charge is 2.35. The highest BCUT2D eigenvalue weighted by molar-refractivity contribution is 6.31. The molecule has 1 saturated heterocycles. The van der Waals surface area contributed by atoms with E-state index in [2.05, 4.69) is 56.8 Å². The summed E-state index contributed by atoms with van der Waals surface area (Å²) in [5.41, 5.74) is 2.33. The van der Waals surface area contributed by atoms with Crippen molar-refractivity contribution in [2.75, 3.05) is 44.8 Å². The Kier molecular flexibility index (Phi) is 6.39. The van der Waals surface area contributed by atoms with E-state index >= 15 is 0 Å². The molecule has 152 valence electrons. The van der Waals surface area contributed by atoms with Crippen LogP contribution < -0.4 is 9.80 Å². The number of piperazine rings is 1. The van der Waals surface area contributed by atoms with Crippen LogP contribution in [0.2, 0.25) is 5.02 Å². The van der Waals surface area contributed by atoms with Gasteiger partial charge in [0.05, 0.1) is 44.4 Å². The molecular weight excluding hydrogens is 388 g/mol. The molecule has 0 unspecified atom stereocenters. The van der Waals surface area contributed by atoms with Gasteiger partial charge in [0.15, 0.2) is 6.04 Å². The molecule has 2 aromatic carbocycles. The molecule has 1 atom stereocenters. The van der Waals surface area contributed by atoms with E-state index in [1.807, 2.05) is 22.9 Å². The fourth-order valence-corrected chi connectivity index (χ4v) is 4.23. The number of halogens is 1. The van der Waals surface area contributed by atoms with E-state index in [4.69, 9.17) is 16.3 Å². The van der Waals surface area contributed by atoms with Crippen LogP contribution in [0.5, 0.6) is 0 Å². The molecule has 0 spiro atoms. The smallest absolute Gasteiger partial charge is 0.214 e. The maximum absolute atomic E-state index is 6.61. The monoisotopic (exact) mass is 413 g/mol. The molecule has 29 heavy (non-hydrogen) atoms. The predicted octanol–water partition coefficient (Wildman–Crippen LogP) is 1.47. The van der Waals surface area contributed by atoms with Crippen LogP contribution in [0.15, 0.2) is 54.6 Å². The molecule has 2 heterocycles. The van der Waals surface area contributed by atoms with E-state index in [-0.39, 0.29) is 6.04 Å². The van der Waals surface area contributed by atoms with Crippen molar-refractivity contribution in [2.45, 2.75) is 12.6 Å². The Labute approximate surface area is 175 Å². The number of nitrogens with one attached hydrogen (secondary N) is 1. The Morgan fingerprint density at radius 1 is 1.07 bits per heavy atom. The molecule has 0 bridgehead atoms. The lowest BCUT2D eigenvalue weighted by molar-refractivity contribution is -0.927. The molecule has 1 N–H and O–H groups in total. The average Bonchev–Trinajstić information content (AvgIpc) is 3.23. The molecule has 1 aliphatic heterocycles. The number of anilines is 1. The average molecular weight is 414 g/mol. The molecule has 0 radical (unpaired) electrons. The Hall–Kier alpha value is -2.48. The minimum Gasteiger partial charge on any atom is -0.383 e. The number of methoxy groups -OCH3 is 1. The van der Waals surface area contributed by atoms with Gasteiger partial charge in [-0.3, -0.25) is 0 Å². The fraction of sp³-hybridized carbons (Fsp3) is 0.381. The van der Waals surface area contributed by atoms with Crippen LogP contribution in [0.4, 0.5) is 5.69 Å². The summed E-state index contributed by atoms with van der Waals surface area (Å²) >= 11 is 6.61. The van der Waals surface area contributed by atoms with Gasteiger partial charge < -0.3 is 14.5 Å². The molecule has 0 aliphatic carbocycles. The topological polar surface area (TPSA) is 60.5 Å². The maximum Gasteiger partial charge on any atom is 0.214 e. The molecule has 1 aromatic heterocycles. The Morgan fingerprint density at radius 2 is 1.79 bits per heavy atom. The molecule has 7 nitrogen and oxygen atoms in total. The van der Waals surface area contributed by atoms with Crippen molar-refractivity contribution in [1.82, 2.24) is 20.2 Å². The summed E-state index contributed by atoms with van der Waals surface area (Å²) in [7, 11) is 1.68. The number of rotatable bonds is 7. The van der Waals surface area contributed by atoms with E-state index < -0.39 is 0 Å². The van der Waals surface area contributed by atoms with Gasteiger partial charge in [0.1, 0.15) is 0 Å². The van der Waals surface area contributed by atoms with Gasteiger partial charge in [-0.25, -0.2) is 4.68 Å². The second-order valence-corrected chi connectivity index (χ2v) is 7.60. The normalized spacial score (nSPS) is 16.1. The van der Waals surface area contributed by atoms with Gasteiger partial charge >= 0.3 is 0 Å². The van der Waals surface area contributed by atoms with E-state index in [9.17, 15) is 0 Å². The van der Waals surface area contributed by atoms with E-state index in [1.165, 1.54) is 10.6 Å². The van der Waals surface area contributed by atoms with Crippen molar-refractivity contribution in [2.24, 2.45) is 0 Å². The van der Waals surface area contributed by atoms with Gasteiger partial charge in [-0.05, 0) is 28.6 Å². The molecule has 0 saturated carbocycles. The van der Waals surface area contributed by atoms with E-state index in [0.717, 1.165) is 42.6 Å². The first-order chi connectivity index (χ1) is 14.3. The number of aromatic nitrogens is 4. The number of hydrogen-bond acceptors (Lipinski definition) is 5. The lowest BCUT2D eigenvalue weighted by Gasteiger charge is -2.37. The highest BCUT2D eigenvalue weighted by atomic mass is 35.5. The summed E-state index contributed by atoms with van der Waals surface area (Å²) in [6, 6.07) is 18.5. The van der Waals surface area contributed by atoms with E-state index in [0.29, 0.717) is 13.2 Å². The number of nitrogens with zero attached hydrogens (tertiary/aromatic N) is 5. The lowest BCUT2D eigenvalue weighted by Crippen LogP contribution is -3.15. The van der Waals surface area contributed by atoms with Gasteiger partial charge in [0.2, 0.25) is 5.82 Å². The number of para-hydroxylation sites is 1. The maximum atomic E-state index is 6.61. The van der Waals surface area contributed by atoms with Gasteiger partial charge in [-0.1, -0.05) is 48.0 Å². The van der Waals surface area contributed by atoms with Crippen LogP contribution in [-0.2, 0) is 11.3 Å². The summed E-state index contributed by atoms with van der Waals surface area (Å²) < 4.78 is 7.07. The van der Waals surface area contributed by atoms with Crippen LogP contribution in [0.3, 0.4) is 0 Å². The third kappa shape index (κ3) is 4.42. The predicted molar refractivity (Wildman–Crippen MR) is 112 cm³/mol. The zero-order chi connectivity index (χ0) is 20.1. The van der Waals surface area contributed by atoms with E-state index in [1.54, 1.807) is 7.11 Å². The number of benzene rings is 2. The zero-order valence-corrected chi connectivity index (χ0v) is 17.3. The van der Waals surface area contributed by atoms with Gasteiger partial charge in [0.25, 0.3) is 0 Å². The Balaban J connectivity index is 1.60. The highest BCUT2D eigenvalue weighted by Crippen LogP contribution is 2.25. The van der Waals surface area contributed by atoms with Crippen molar-refractivity contribution >= 4 is 17.3 Å². The van der Waals surface area contributed by atoms with Gasteiger partial charge in [0, 0.05) is 18.4 Å². The molecule has 1 aliphatic rings. The second-order valence-electron chi connectivity index (χ2n) is 7.19. The zero-order valence-electron chi connectivity index (χ0n) is 16.5. The van der Waals surface area contributed by atoms with Gasteiger partial charge in [-0.15, -0.1) is 5.10 Å². The van der Waals surface area contributed by atoms with Crippen molar-refractivity contribution < 1.29 is 9.64 Å². The van der Waals surface area contributed by atoms with Crippen LogP contribution in [0.1, 0.15) is 17.4 Å². The first-order valence-corrected chi connectivity index (χ1v) is 10.3. The molecule has 8 heteroatoms. The summed E-state index contributed by atoms with van der Waals surface area (Å²) in [4.78, 5) is 3.85. The largest absolute Gasteiger partial charge is 0.383 e. The number of tetrazole rings is 1. The minimum absolute atomic E-state index is 0.0199. The molecule has 1 fully saturated rings. The minimum atomic E-state index is -0.0199.